The summed E-state index contributed by atoms with van der Waals surface area (Å²) < 4.78 is 0. The molecule has 0 bridgehead atoms. The van der Waals surface area contributed by atoms with Crippen LogP contribution in [0.4, 0.5) is 4.79 Å². The Morgan fingerprint density at radius 3 is 2.12 bits per heavy atom. The third kappa shape index (κ3) is 3.72. The molecule has 1 aliphatic carbocycles. The van der Waals surface area contributed by atoms with Crippen LogP contribution in [0.15, 0.2) is 0 Å². The topological polar surface area (TPSA) is 78.4 Å². The van der Waals surface area contributed by atoms with Gasteiger partial charge in [0.1, 0.15) is 6.04 Å². The SMILES string of the molecule is CC(NC(=O)N[C@@H](C(=O)O)C(C)C)C1CC1. The molecule has 2 atom stereocenters. The number of hydrogen-bond donors (Lipinski definition) is 3. The van der Waals surface area contributed by atoms with E-state index in [0.29, 0.717) is 5.92 Å². The number of carboxylic acids is 1. The highest BCUT2D eigenvalue weighted by molar-refractivity contribution is 5.82. The van der Waals surface area contributed by atoms with E-state index >= 15 is 0 Å². The lowest BCUT2D eigenvalue weighted by Gasteiger charge is -2.20. The summed E-state index contributed by atoms with van der Waals surface area (Å²) >= 11 is 0. The maximum atomic E-state index is 11.5. The van der Waals surface area contributed by atoms with Gasteiger partial charge in [0.25, 0.3) is 0 Å². The van der Waals surface area contributed by atoms with E-state index in [1.165, 1.54) is 0 Å². The van der Waals surface area contributed by atoms with Crippen molar-refractivity contribution < 1.29 is 14.7 Å². The summed E-state index contributed by atoms with van der Waals surface area (Å²) in [6, 6.07) is -1.09. The molecule has 0 aromatic carbocycles. The summed E-state index contributed by atoms with van der Waals surface area (Å²) in [7, 11) is 0. The predicted molar refractivity (Wildman–Crippen MR) is 60.1 cm³/mol. The quantitative estimate of drug-likeness (QED) is 0.661. The van der Waals surface area contributed by atoms with Crippen molar-refractivity contribution in [2.45, 2.75) is 45.7 Å². The molecular weight excluding hydrogens is 208 g/mol. The van der Waals surface area contributed by atoms with Crippen LogP contribution in [0, 0.1) is 11.8 Å². The lowest BCUT2D eigenvalue weighted by atomic mass is 10.1. The Hall–Kier alpha value is -1.26. The van der Waals surface area contributed by atoms with Crippen LogP contribution in [0.3, 0.4) is 0 Å². The first-order chi connectivity index (χ1) is 7.41. The van der Waals surface area contributed by atoms with Crippen molar-refractivity contribution in [2.24, 2.45) is 11.8 Å². The third-order valence-corrected chi connectivity index (χ3v) is 2.91. The summed E-state index contributed by atoms with van der Waals surface area (Å²) in [5, 5.41) is 14.2. The van der Waals surface area contributed by atoms with Gasteiger partial charge >= 0.3 is 12.0 Å². The van der Waals surface area contributed by atoms with Crippen LogP contribution in [0.1, 0.15) is 33.6 Å². The monoisotopic (exact) mass is 228 g/mol. The van der Waals surface area contributed by atoms with E-state index in [2.05, 4.69) is 10.6 Å². The molecular formula is C11H20N2O3. The smallest absolute Gasteiger partial charge is 0.326 e. The van der Waals surface area contributed by atoms with Crippen LogP contribution in [0.2, 0.25) is 0 Å². The Balaban J connectivity index is 2.38. The molecule has 1 fully saturated rings. The van der Waals surface area contributed by atoms with E-state index in [4.69, 9.17) is 5.11 Å². The highest BCUT2D eigenvalue weighted by Crippen LogP contribution is 2.32. The lowest BCUT2D eigenvalue weighted by Crippen LogP contribution is -2.50. The molecule has 3 N–H and O–H groups in total. The zero-order valence-corrected chi connectivity index (χ0v) is 9.99. The average Bonchev–Trinajstić information content (AvgIpc) is 2.95. The highest BCUT2D eigenvalue weighted by atomic mass is 16.4. The Bertz CT molecular complexity index is 274. The van der Waals surface area contributed by atoms with Crippen LogP contribution in [-0.2, 0) is 4.79 Å². The average molecular weight is 228 g/mol. The Morgan fingerprint density at radius 2 is 1.75 bits per heavy atom. The number of carbonyl (C=O) groups is 2. The van der Waals surface area contributed by atoms with Crippen molar-refractivity contribution in [2.75, 3.05) is 0 Å². The second kappa shape index (κ2) is 5.18. The van der Waals surface area contributed by atoms with Gasteiger partial charge in [0.05, 0.1) is 0 Å². The fraction of sp³-hybridized carbons (Fsp3) is 0.818. The number of carboxylic acid groups (broad SMARTS) is 1. The maximum Gasteiger partial charge on any atom is 0.326 e. The van der Waals surface area contributed by atoms with Crippen molar-refractivity contribution >= 4 is 12.0 Å². The molecule has 92 valence electrons. The number of carbonyl (C=O) groups excluding carboxylic acids is 1. The second-order valence-electron chi connectivity index (χ2n) is 4.80. The highest BCUT2D eigenvalue weighted by Gasteiger charge is 2.30. The number of hydrogen-bond acceptors (Lipinski definition) is 2. The molecule has 0 aromatic rings. The maximum absolute atomic E-state index is 11.5. The molecule has 1 saturated carbocycles. The van der Waals surface area contributed by atoms with Gasteiger partial charge in [-0.1, -0.05) is 13.8 Å². The Morgan fingerprint density at radius 1 is 1.19 bits per heavy atom. The van der Waals surface area contributed by atoms with Crippen molar-refractivity contribution in [3.63, 3.8) is 0 Å². The third-order valence-electron chi connectivity index (χ3n) is 2.91. The Labute approximate surface area is 95.6 Å². The summed E-state index contributed by atoms with van der Waals surface area (Å²) in [4.78, 5) is 22.4. The molecule has 5 nitrogen and oxygen atoms in total. The van der Waals surface area contributed by atoms with E-state index in [-0.39, 0.29) is 18.0 Å². The van der Waals surface area contributed by atoms with Crippen LogP contribution in [0.25, 0.3) is 0 Å². The van der Waals surface area contributed by atoms with Crippen LogP contribution in [-0.4, -0.2) is 29.2 Å². The van der Waals surface area contributed by atoms with Crippen molar-refractivity contribution in [3.8, 4) is 0 Å². The van der Waals surface area contributed by atoms with Crippen LogP contribution in [0.5, 0.6) is 0 Å². The summed E-state index contributed by atoms with van der Waals surface area (Å²) in [6.45, 7) is 5.48. The van der Waals surface area contributed by atoms with Crippen molar-refractivity contribution in [1.29, 1.82) is 0 Å². The van der Waals surface area contributed by atoms with Gasteiger partial charge in [0.2, 0.25) is 0 Å². The second-order valence-corrected chi connectivity index (χ2v) is 4.80. The van der Waals surface area contributed by atoms with Gasteiger partial charge in [0, 0.05) is 6.04 Å². The van der Waals surface area contributed by atoms with Gasteiger partial charge in [-0.2, -0.15) is 0 Å². The molecule has 0 aliphatic heterocycles. The van der Waals surface area contributed by atoms with Gasteiger partial charge in [-0.05, 0) is 31.6 Å². The number of nitrogens with one attached hydrogen (secondary N) is 2. The van der Waals surface area contributed by atoms with E-state index in [1.54, 1.807) is 13.8 Å². The first kappa shape index (κ1) is 12.8. The summed E-state index contributed by atoms with van der Waals surface area (Å²) in [6.07, 6.45) is 2.29. The molecule has 1 aliphatic rings. The lowest BCUT2D eigenvalue weighted by molar-refractivity contribution is -0.140. The number of rotatable bonds is 5. The fourth-order valence-corrected chi connectivity index (χ4v) is 1.62. The molecule has 1 rings (SSSR count). The number of urea groups is 1. The molecule has 0 spiro atoms. The van der Waals surface area contributed by atoms with Gasteiger partial charge in [-0.25, -0.2) is 9.59 Å². The molecule has 0 saturated heterocycles. The Kier molecular flexibility index (Phi) is 4.15. The number of aliphatic carboxylic acids is 1. The zero-order valence-electron chi connectivity index (χ0n) is 9.99. The zero-order chi connectivity index (χ0) is 12.3. The first-order valence-electron chi connectivity index (χ1n) is 5.71. The fourth-order valence-electron chi connectivity index (χ4n) is 1.62. The molecule has 16 heavy (non-hydrogen) atoms. The standard InChI is InChI=1S/C11H20N2O3/c1-6(2)9(10(14)15)13-11(16)12-7(3)8-4-5-8/h6-9H,4-5H2,1-3H3,(H,14,15)(H2,12,13,16)/t7?,9-/m1/s1. The van der Waals surface area contributed by atoms with Gasteiger partial charge in [-0.3, -0.25) is 0 Å². The minimum absolute atomic E-state index is 0.125. The molecule has 1 unspecified atom stereocenters. The largest absolute Gasteiger partial charge is 0.480 e. The van der Waals surface area contributed by atoms with E-state index in [0.717, 1.165) is 12.8 Å². The summed E-state index contributed by atoms with van der Waals surface area (Å²) in [5.74, 6) is -0.559. The van der Waals surface area contributed by atoms with E-state index in [9.17, 15) is 9.59 Å². The van der Waals surface area contributed by atoms with E-state index in [1.807, 2.05) is 6.92 Å². The van der Waals surface area contributed by atoms with Crippen LogP contribution >= 0.6 is 0 Å². The molecule has 0 heterocycles. The van der Waals surface area contributed by atoms with Gasteiger partial charge < -0.3 is 15.7 Å². The summed E-state index contributed by atoms with van der Waals surface area (Å²) in [5.41, 5.74) is 0. The first-order valence-corrected chi connectivity index (χ1v) is 5.71. The predicted octanol–water partition coefficient (Wildman–Crippen LogP) is 1.19. The van der Waals surface area contributed by atoms with Gasteiger partial charge in [0.15, 0.2) is 0 Å². The molecule has 0 radical (unpaired) electrons. The van der Waals surface area contributed by atoms with E-state index < -0.39 is 12.0 Å². The van der Waals surface area contributed by atoms with Crippen LogP contribution < -0.4 is 10.6 Å². The minimum atomic E-state index is -0.996. The number of amides is 2. The van der Waals surface area contributed by atoms with Crippen molar-refractivity contribution in [3.05, 3.63) is 0 Å². The molecule has 0 aromatic heterocycles. The van der Waals surface area contributed by atoms with Gasteiger partial charge in [-0.15, -0.1) is 0 Å². The van der Waals surface area contributed by atoms with Crippen molar-refractivity contribution in [1.82, 2.24) is 10.6 Å². The normalized spacial score (nSPS) is 19.0. The minimum Gasteiger partial charge on any atom is -0.480 e. The molecule has 2 amide bonds. The molecule has 5 heteroatoms.